The second kappa shape index (κ2) is 13.5. The van der Waals surface area contributed by atoms with Crippen molar-refractivity contribution >= 4 is 29.7 Å². The number of fused-ring (bicyclic) bond motifs is 1. The average Bonchev–Trinajstić information content (AvgIpc) is 3.36. The van der Waals surface area contributed by atoms with Gasteiger partial charge in [0.2, 0.25) is 0 Å². The van der Waals surface area contributed by atoms with Gasteiger partial charge in [0.25, 0.3) is 5.91 Å². The summed E-state index contributed by atoms with van der Waals surface area (Å²) in [6, 6.07) is 13.3. The van der Waals surface area contributed by atoms with Crippen LogP contribution in [0.4, 0.5) is 21.2 Å². The number of amides is 3. The molecular weight excluding hydrogens is 570 g/mol. The van der Waals surface area contributed by atoms with E-state index < -0.39 is 17.8 Å². The lowest BCUT2D eigenvalue weighted by Crippen LogP contribution is -2.34. The van der Waals surface area contributed by atoms with Crippen molar-refractivity contribution in [1.82, 2.24) is 25.6 Å². The smallest absolute Gasteiger partial charge is 0.415 e. The van der Waals surface area contributed by atoms with Crippen molar-refractivity contribution in [3.8, 4) is 23.0 Å². The summed E-state index contributed by atoms with van der Waals surface area (Å²) in [5.74, 6) is 0.849. The van der Waals surface area contributed by atoms with Gasteiger partial charge in [-0.25, -0.2) is 19.6 Å². The topological polar surface area (TPSA) is 166 Å². The summed E-state index contributed by atoms with van der Waals surface area (Å²) in [5, 5.41) is 8.68. The molecule has 0 saturated carbocycles. The van der Waals surface area contributed by atoms with Crippen LogP contribution in [0.25, 0.3) is 11.3 Å². The van der Waals surface area contributed by atoms with Gasteiger partial charge in [-0.3, -0.25) is 9.69 Å². The largest absolute Gasteiger partial charge is 0.480 e. The van der Waals surface area contributed by atoms with E-state index in [1.165, 1.54) is 4.90 Å². The molecule has 44 heavy (non-hydrogen) atoms. The molecule has 0 spiro atoms. The monoisotopic (exact) mass is 605 g/mol. The van der Waals surface area contributed by atoms with E-state index in [9.17, 15) is 14.4 Å². The molecular formula is C30H35N7O7. The predicted octanol–water partition coefficient (Wildman–Crippen LogP) is 3.28. The summed E-state index contributed by atoms with van der Waals surface area (Å²) in [4.78, 5) is 50.3. The average molecular weight is 606 g/mol. The lowest BCUT2D eigenvalue weighted by atomic mass is 10.1. The van der Waals surface area contributed by atoms with Gasteiger partial charge < -0.3 is 34.9 Å². The van der Waals surface area contributed by atoms with E-state index in [0.717, 1.165) is 11.1 Å². The number of nitrogens with one attached hydrogen (secondary N) is 3. The second-order valence-electron chi connectivity index (χ2n) is 11.1. The number of ether oxygens (including phenoxy) is 4. The van der Waals surface area contributed by atoms with Crippen LogP contribution in [0.1, 0.15) is 32.8 Å². The van der Waals surface area contributed by atoms with E-state index in [4.69, 9.17) is 18.9 Å². The molecule has 3 aromatic rings. The first-order chi connectivity index (χ1) is 21.1. The molecule has 2 aromatic heterocycles. The zero-order valence-corrected chi connectivity index (χ0v) is 24.8. The number of cyclic esters (lactones) is 1. The van der Waals surface area contributed by atoms with Gasteiger partial charge >= 0.3 is 18.2 Å². The highest BCUT2D eigenvalue weighted by molar-refractivity contribution is 5.95. The molecule has 3 amide bonds. The van der Waals surface area contributed by atoms with Gasteiger partial charge in [0.1, 0.15) is 24.1 Å². The first-order valence-electron chi connectivity index (χ1n) is 14.3. The van der Waals surface area contributed by atoms with Gasteiger partial charge in [0.05, 0.1) is 18.8 Å². The number of anilines is 2. The molecule has 14 nitrogen and oxygen atoms in total. The number of hydrogen-bond donors (Lipinski definition) is 3. The lowest BCUT2D eigenvalue weighted by molar-refractivity contribution is -0.118. The Labute approximate surface area is 254 Å². The molecule has 2 aliphatic heterocycles. The maximum Gasteiger partial charge on any atom is 0.415 e. The molecule has 0 aliphatic carbocycles. The Balaban J connectivity index is 1.06. The molecule has 1 fully saturated rings. The van der Waals surface area contributed by atoms with Gasteiger partial charge in [-0.1, -0.05) is 18.2 Å². The third-order valence-corrected chi connectivity index (χ3v) is 6.44. The Morgan fingerprint density at radius 3 is 2.84 bits per heavy atom. The van der Waals surface area contributed by atoms with Crippen LogP contribution in [0.5, 0.6) is 11.8 Å². The summed E-state index contributed by atoms with van der Waals surface area (Å²) in [6.45, 7) is 7.36. The molecule has 0 radical (unpaired) electrons. The summed E-state index contributed by atoms with van der Waals surface area (Å²) < 4.78 is 21.7. The highest BCUT2D eigenvalue weighted by Crippen LogP contribution is 2.30. The highest BCUT2D eigenvalue weighted by atomic mass is 16.6. The quantitative estimate of drug-likeness (QED) is 0.275. The van der Waals surface area contributed by atoms with Gasteiger partial charge in [0, 0.05) is 18.3 Å². The number of alkyl carbamates (subject to hydrolysis) is 1. The van der Waals surface area contributed by atoms with E-state index in [-0.39, 0.29) is 43.6 Å². The third kappa shape index (κ3) is 8.31. The highest BCUT2D eigenvalue weighted by Gasteiger charge is 2.33. The molecule has 1 aromatic carbocycles. The van der Waals surface area contributed by atoms with Crippen LogP contribution in [0.3, 0.4) is 0 Å². The molecule has 0 unspecified atom stereocenters. The van der Waals surface area contributed by atoms with E-state index >= 15 is 0 Å². The van der Waals surface area contributed by atoms with Crippen LogP contribution >= 0.6 is 0 Å². The summed E-state index contributed by atoms with van der Waals surface area (Å²) >= 11 is 0. The Bertz CT molecular complexity index is 1510. The number of carbonyl (C=O) groups is 3. The number of hydrogen-bond acceptors (Lipinski definition) is 11. The Kier molecular flexibility index (Phi) is 9.38. The first kappa shape index (κ1) is 30.5. The fraction of sp³-hybridized carbons (Fsp3) is 0.400. The van der Waals surface area contributed by atoms with Crippen molar-refractivity contribution in [3.05, 3.63) is 54.2 Å². The molecule has 14 heteroatoms. The zero-order chi connectivity index (χ0) is 31.1. The Morgan fingerprint density at radius 2 is 2.00 bits per heavy atom. The number of rotatable bonds is 11. The minimum Gasteiger partial charge on any atom is -0.480 e. The summed E-state index contributed by atoms with van der Waals surface area (Å²) in [5.41, 5.74) is 2.09. The van der Waals surface area contributed by atoms with Crippen molar-refractivity contribution in [1.29, 1.82) is 0 Å². The van der Waals surface area contributed by atoms with Gasteiger partial charge in [-0.05, 0) is 63.6 Å². The maximum atomic E-state index is 12.5. The SMILES string of the molecule is CC(C)(C)OC(=O)NCCOc1nccc(-c2cccc(CNCC[C@H]3CN(c4ccc5c(n4)NC(=O)CO5)C(=O)O3)c2)n1. The number of pyridine rings is 1. The van der Waals surface area contributed by atoms with E-state index in [2.05, 4.69) is 30.9 Å². The van der Waals surface area contributed by atoms with Gasteiger partial charge in [0.15, 0.2) is 18.2 Å². The van der Waals surface area contributed by atoms with E-state index in [1.807, 2.05) is 24.3 Å². The maximum absolute atomic E-state index is 12.5. The molecule has 0 bridgehead atoms. The van der Waals surface area contributed by atoms with Gasteiger partial charge in [-0.15, -0.1) is 0 Å². The number of nitrogens with zero attached hydrogens (tertiary/aromatic N) is 4. The molecule has 4 heterocycles. The number of aromatic nitrogens is 3. The van der Waals surface area contributed by atoms with Crippen LogP contribution in [-0.4, -0.2) is 77.6 Å². The first-order valence-corrected chi connectivity index (χ1v) is 14.3. The van der Waals surface area contributed by atoms with Crippen LogP contribution in [-0.2, 0) is 20.8 Å². The minimum absolute atomic E-state index is 0.0618. The van der Waals surface area contributed by atoms with Crippen molar-refractivity contribution in [2.24, 2.45) is 0 Å². The van der Waals surface area contributed by atoms with E-state index in [1.54, 1.807) is 45.2 Å². The second-order valence-corrected chi connectivity index (χ2v) is 11.1. The number of carbonyl (C=O) groups excluding carboxylic acids is 3. The van der Waals surface area contributed by atoms with Gasteiger partial charge in [-0.2, -0.15) is 4.98 Å². The van der Waals surface area contributed by atoms with Crippen LogP contribution in [0.15, 0.2) is 48.7 Å². The normalized spacial score (nSPS) is 16.0. The fourth-order valence-electron chi connectivity index (χ4n) is 4.48. The molecule has 1 saturated heterocycles. The van der Waals surface area contributed by atoms with Crippen molar-refractivity contribution < 1.29 is 33.3 Å². The zero-order valence-electron chi connectivity index (χ0n) is 24.8. The third-order valence-electron chi connectivity index (χ3n) is 6.44. The molecule has 5 rings (SSSR count). The standard InChI is InChI=1S/C30H35N7O7/c1-30(2,3)44-28(39)33-13-14-41-27-32-12-10-22(34-27)20-6-4-5-19(15-20)16-31-11-9-21-17-37(29(40)43-21)24-8-7-23-26(35-24)36-25(38)18-42-23/h4-8,10,12,15,21,31H,9,11,13-14,16-18H2,1-3H3,(H,33,39)(H,35,36,38)/t21-/m0/s1. The molecule has 232 valence electrons. The Morgan fingerprint density at radius 1 is 1.14 bits per heavy atom. The minimum atomic E-state index is -0.570. The van der Waals surface area contributed by atoms with Crippen molar-refractivity contribution in [2.45, 2.75) is 45.4 Å². The number of benzene rings is 1. The molecule has 3 N–H and O–H groups in total. The van der Waals surface area contributed by atoms with Crippen LogP contribution in [0, 0.1) is 0 Å². The van der Waals surface area contributed by atoms with Crippen molar-refractivity contribution in [3.63, 3.8) is 0 Å². The van der Waals surface area contributed by atoms with Crippen LogP contribution in [0.2, 0.25) is 0 Å². The molecule has 1 atom stereocenters. The van der Waals surface area contributed by atoms with Crippen LogP contribution < -0.4 is 30.3 Å². The molecule has 2 aliphatic rings. The van der Waals surface area contributed by atoms with E-state index in [0.29, 0.717) is 43.3 Å². The van der Waals surface area contributed by atoms with Crippen molar-refractivity contribution in [2.75, 3.05) is 43.1 Å². The fourth-order valence-corrected chi connectivity index (χ4v) is 4.48. The predicted molar refractivity (Wildman–Crippen MR) is 160 cm³/mol. The summed E-state index contributed by atoms with van der Waals surface area (Å²) in [7, 11) is 0. The summed E-state index contributed by atoms with van der Waals surface area (Å²) in [6.07, 6.45) is 0.944. The Hall–Kier alpha value is -4.98. The lowest BCUT2D eigenvalue weighted by Gasteiger charge is -2.19.